The van der Waals surface area contributed by atoms with Crippen molar-refractivity contribution in [3.05, 3.63) is 47.8 Å². The van der Waals surface area contributed by atoms with Crippen molar-refractivity contribution in [1.29, 1.82) is 0 Å². The first-order valence-corrected chi connectivity index (χ1v) is 8.60. The predicted molar refractivity (Wildman–Crippen MR) is 93.3 cm³/mol. The van der Waals surface area contributed by atoms with E-state index in [9.17, 15) is 9.90 Å². The van der Waals surface area contributed by atoms with Crippen LogP contribution in [0, 0.1) is 5.92 Å². The van der Waals surface area contributed by atoms with E-state index in [0.717, 1.165) is 17.8 Å². The molecule has 0 radical (unpaired) electrons. The zero-order valence-corrected chi connectivity index (χ0v) is 14.5. The Morgan fingerprint density at radius 1 is 1.25 bits per heavy atom. The third kappa shape index (κ3) is 3.22. The molecule has 128 valence electrons. The van der Waals surface area contributed by atoms with E-state index < -0.39 is 0 Å². The molecule has 2 heterocycles. The molecule has 1 amide bonds. The molecule has 1 fully saturated rings. The first kappa shape index (κ1) is 16.7. The van der Waals surface area contributed by atoms with E-state index in [1.54, 1.807) is 11.8 Å². The molecule has 2 unspecified atom stereocenters. The molecule has 5 nitrogen and oxygen atoms in total. The number of benzene rings is 1. The van der Waals surface area contributed by atoms with Crippen LogP contribution in [0.2, 0.25) is 0 Å². The molecule has 24 heavy (non-hydrogen) atoms. The molecule has 0 bridgehead atoms. The van der Waals surface area contributed by atoms with Crippen molar-refractivity contribution in [3.8, 4) is 5.69 Å². The number of likely N-dealkylation sites (tertiary alicyclic amines) is 1. The van der Waals surface area contributed by atoms with Crippen LogP contribution in [0.3, 0.4) is 0 Å². The molecule has 2 aromatic rings. The minimum atomic E-state index is -0.379. The lowest BCUT2D eigenvalue weighted by Crippen LogP contribution is -2.30. The lowest BCUT2D eigenvalue weighted by molar-refractivity contribution is 0.0756. The number of hydrogen-bond donors (Lipinski definition) is 1. The van der Waals surface area contributed by atoms with Gasteiger partial charge in [0.15, 0.2) is 5.69 Å². The lowest BCUT2D eigenvalue weighted by Gasteiger charge is -2.16. The molecule has 5 heteroatoms. The second kappa shape index (κ2) is 6.77. The fraction of sp³-hybridized carbons (Fsp3) is 0.474. The second-order valence-corrected chi connectivity index (χ2v) is 6.90. The Morgan fingerprint density at radius 2 is 1.96 bits per heavy atom. The zero-order valence-electron chi connectivity index (χ0n) is 14.5. The van der Waals surface area contributed by atoms with Gasteiger partial charge in [0.2, 0.25) is 0 Å². The van der Waals surface area contributed by atoms with Crippen molar-refractivity contribution in [2.75, 3.05) is 13.1 Å². The second-order valence-electron chi connectivity index (χ2n) is 6.90. The smallest absolute Gasteiger partial charge is 0.274 e. The molecule has 1 aromatic carbocycles. The van der Waals surface area contributed by atoms with Gasteiger partial charge in [0.05, 0.1) is 11.8 Å². The van der Waals surface area contributed by atoms with Crippen LogP contribution in [0.5, 0.6) is 0 Å². The molecular weight excluding hydrogens is 302 g/mol. The van der Waals surface area contributed by atoms with E-state index in [-0.39, 0.29) is 23.8 Å². The molecule has 1 N–H and O–H groups in total. The maximum atomic E-state index is 12.8. The molecule has 1 aliphatic heterocycles. The highest BCUT2D eigenvalue weighted by molar-refractivity contribution is 5.92. The summed E-state index contributed by atoms with van der Waals surface area (Å²) in [5, 5.41) is 14.3. The predicted octanol–water partition coefficient (Wildman–Crippen LogP) is 2.84. The van der Waals surface area contributed by atoms with Crippen LogP contribution in [-0.4, -0.2) is 44.9 Å². The summed E-state index contributed by atoms with van der Waals surface area (Å²) in [5.41, 5.74) is 2.47. The highest BCUT2D eigenvalue weighted by Gasteiger charge is 2.31. The Bertz CT molecular complexity index is 707. The van der Waals surface area contributed by atoms with E-state index in [1.165, 1.54) is 0 Å². The molecule has 2 atom stereocenters. The fourth-order valence-electron chi connectivity index (χ4n) is 3.21. The van der Waals surface area contributed by atoms with Gasteiger partial charge in [0.25, 0.3) is 5.91 Å². The monoisotopic (exact) mass is 327 g/mol. The molecule has 0 saturated carbocycles. The molecule has 0 spiro atoms. The first-order valence-electron chi connectivity index (χ1n) is 8.60. The number of carbonyl (C=O) groups excluding carboxylic acids is 1. The number of amides is 1. The Balaban J connectivity index is 1.88. The third-order valence-electron chi connectivity index (χ3n) is 4.74. The Morgan fingerprint density at radius 3 is 2.54 bits per heavy atom. The standard InChI is InChI=1S/C19H25N3O2/c1-13(2)18-11-17(20-22(18)16-7-5-4-6-8-16)19(24)21-10-9-15(12-21)14(3)23/h4-8,11,13-15,23H,9-10,12H2,1-3H3. The summed E-state index contributed by atoms with van der Waals surface area (Å²) in [7, 11) is 0. The average molecular weight is 327 g/mol. The Kier molecular flexibility index (Phi) is 4.71. The maximum absolute atomic E-state index is 12.8. The van der Waals surface area contributed by atoms with Crippen LogP contribution in [-0.2, 0) is 0 Å². The Labute approximate surface area is 142 Å². The van der Waals surface area contributed by atoms with Crippen LogP contribution in [0.15, 0.2) is 36.4 Å². The largest absolute Gasteiger partial charge is 0.393 e. The molecule has 1 saturated heterocycles. The van der Waals surface area contributed by atoms with Crippen molar-refractivity contribution in [1.82, 2.24) is 14.7 Å². The summed E-state index contributed by atoms with van der Waals surface area (Å²) in [5.74, 6) is 0.382. The SMILES string of the molecule is CC(C)c1cc(C(=O)N2CCC(C(C)O)C2)nn1-c1ccccc1. The van der Waals surface area contributed by atoms with Crippen LogP contribution >= 0.6 is 0 Å². The first-order chi connectivity index (χ1) is 11.5. The Hall–Kier alpha value is -2.14. The molecule has 3 rings (SSSR count). The van der Waals surface area contributed by atoms with Gasteiger partial charge in [-0.15, -0.1) is 0 Å². The van der Waals surface area contributed by atoms with E-state index >= 15 is 0 Å². The number of nitrogens with zero attached hydrogens (tertiary/aromatic N) is 3. The number of para-hydroxylation sites is 1. The third-order valence-corrected chi connectivity index (χ3v) is 4.74. The van der Waals surface area contributed by atoms with Gasteiger partial charge in [-0.05, 0) is 37.5 Å². The van der Waals surface area contributed by atoms with E-state index in [2.05, 4.69) is 18.9 Å². The fourth-order valence-corrected chi connectivity index (χ4v) is 3.21. The van der Waals surface area contributed by atoms with Crippen molar-refractivity contribution >= 4 is 5.91 Å². The highest BCUT2D eigenvalue weighted by Crippen LogP contribution is 2.24. The van der Waals surface area contributed by atoms with E-state index in [0.29, 0.717) is 18.8 Å². The number of aliphatic hydroxyl groups excluding tert-OH is 1. The van der Waals surface area contributed by atoms with Gasteiger partial charge in [-0.25, -0.2) is 4.68 Å². The van der Waals surface area contributed by atoms with Gasteiger partial charge in [0, 0.05) is 24.7 Å². The molecule has 0 aliphatic carbocycles. The van der Waals surface area contributed by atoms with Gasteiger partial charge in [-0.2, -0.15) is 5.10 Å². The van der Waals surface area contributed by atoms with Crippen molar-refractivity contribution < 1.29 is 9.90 Å². The van der Waals surface area contributed by atoms with E-state index in [4.69, 9.17) is 0 Å². The zero-order chi connectivity index (χ0) is 17.3. The highest BCUT2D eigenvalue weighted by atomic mass is 16.3. The maximum Gasteiger partial charge on any atom is 0.274 e. The number of aromatic nitrogens is 2. The summed E-state index contributed by atoms with van der Waals surface area (Å²) < 4.78 is 1.86. The minimum absolute atomic E-state index is 0.0465. The van der Waals surface area contributed by atoms with Crippen molar-refractivity contribution in [3.63, 3.8) is 0 Å². The van der Waals surface area contributed by atoms with Crippen molar-refractivity contribution in [2.45, 2.75) is 39.2 Å². The lowest BCUT2D eigenvalue weighted by atomic mass is 10.0. The van der Waals surface area contributed by atoms with Crippen LogP contribution in [0.1, 0.15) is 49.3 Å². The van der Waals surface area contributed by atoms with Crippen molar-refractivity contribution in [2.24, 2.45) is 5.92 Å². The topological polar surface area (TPSA) is 58.4 Å². The van der Waals surface area contributed by atoms with Gasteiger partial charge in [-0.3, -0.25) is 4.79 Å². The summed E-state index contributed by atoms with van der Waals surface area (Å²) in [6.07, 6.45) is 0.468. The molecule has 1 aliphatic rings. The van der Waals surface area contributed by atoms with Crippen LogP contribution in [0.25, 0.3) is 5.69 Å². The molecular formula is C19H25N3O2. The quantitative estimate of drug-likeness (QED) is 0.939. The van der Waals surface area contributed by atoms with Crippen LogP contribution in [0.4, 0.5) is 0 Å². The number of hydrogen-bond acceptors (Lipinski definition) is 3. The van der Waals surface area contributed by atoms with E-state index in [1.807, 2.05) is 41.1 Å². The molecule has 1 aromatic heterocycles. The summed E-state index contributed by atoms with van der Waals surface area (Å²) in [6.45, 7) is 7.28. The summed E-state index contributed by atoms with van der Waals surface area (Å²) in [4.78, 5) is 14.6. The number of aliphatic hydroxyl groups is 1. The average Bonchev–Trinajstić information content (AvgIpc) is 3.22. The van der Waals surface area contributed by atoms with Gasteiger partial charge in [-0.1, -0.05) is 32.0 Å². The van der Waals surface area contributed by atoms with Gasteiger partial charge in [0.1, 0.15) is 0 Å². The van der Waals surface area contributed by atoms with Gasteiger partial charge < -0.3 is 10.0 Å². The summed E-state index contributed by atoms with van der Waals surface area (Å²) in [6, 6.07) is 11.8. The minimum Gasteiger partial charge on any atom is -0.393 e. The normalized spacial score (nSPS) is 19.0. The number of carbonyl (C=O) groups is 1. The summed E-state index contributed by atoms with van der Waals surface area (Å²) >= 11 is 0. The van der Waals surface area contributed by atoms with Crippen LogP contribution < -0.4 is 0 Å². The van der Waals surface area contributed by atoms with Gasteiger partial charge >= 0.3 is 0 Å². The number of rotatable bonds is 4.